The second kappa shape index (κ2) is 5.51. The van der Waals surface area contributed by atoms with Crippen LogP contribution in [0.4, 0.5) is 5.69 Å². The zero-order valence-corrected chi connectivity index (χ0v) is 12.8. The highest BCUT2D eigenvalue weighted by Gasteiger charge is 2.30. The first-order chi connectivity index (χ1) is 9.25. The number of rotatable bonds is 5. The summed E-state index contributed by atoms with van der Waals surface area (Å²) in [7, 11) is -14.3. The number of hydrogen-bond acceptors (Lipinski definition) is 8. The summed E-state index contributed by atoms with van der Waals surface area (Å²) < 4.78 is 88.4. The van der Waals surface area contributed by atoms with Gasteiger partial charge in [0.15, 0.2) is 5.44 Å². The lowest BCUT2D eigenvalue weighted by atomic mass is 10.3. The van der Waals surface area contributed by atoms with Crippen LogP contribution in [0.5, 0.6) is 0 Å². The minimum Gasteiger partial charge on any atom is -0.398 e. The van der Waals surface area contributed by atoms with E-state index in [0.29, 0.717) is 6.07 Å². The van der Waals surface area contributed by atoms with Crippen molar-refractivity contribution in [3.05, 3.63) is 18.2 Å². The van der Waals surface area contributed by atoms with Gasteiger partial charge in [0.1, 0.15) is 4.90 Å². The van der Waals surface area contributed by atoms with Crippen LogP contribution in [0.1, 0.15) is 6.92 Å². The highest BCUT2D eigenvalue weighted by molar-refractivity contribution is 7.92. The third-order valence-electron chi connectivity index (χ3n) is 2.29. The van der Waals surface area contributed by atoms with Crippen molar-refractivity contribution >= 4 is 36.0 Å². The molecule has 0 aliphatic carbocycles. The molecular formula is C8H11NO9S3. The summed E-state index contributed by atoms with van der Waals surface area (Å²) in [5.41, 5.74) is 2.87. The Bertz CT molecular complexity index is 854. The van der Waals surface area contributed by atoms with Crippen LogP contribution in [0.3, 0.4) is 0 Å². The van der Waals surface area contributed by atoms with Crippen LogP contribution in [-0.2, 0) is 34.5 Å². The van der Waals surface area contributed by atoms with Gasteiger partial charge in [-0.1, -0.05) is 0 Å². The maximum Gasteiger partial charge on any atom is 0.398 e. The van der Waals surface area contributed by atoms with Gasteiger partial charge in [-0.2, -0.15) is 16.8 Å². The number of hydrogen-bond donors (Lipinski definition) is 3. The highest BCUT2D eigenvalue weighted by Crippen LogP contribution is 2.25. The van der Waals surface area contributed by atoms with Crippen LogP contribution in [-0.4, -0.2) is 39.8 Å². The van der Waals surface area contributed by atoms with Crippen LogP contribution in [0.25, 0.3) is 0 Å². The van der Waals surface area contributed by atoms with Crippen molar-refractivity contribution in [3.63, 3.8) is 0 Å². The van der Waals surface area contributed by atoms with Crippen molar-refractivity contribution in [1.29, 1.82) is 0 Å². The Morgan fingerprint density at radius 3 is 2.05 bits per heavy atom. The fourth-order valence-electron chi connectivity index (χ4n) is 1.33. The van der Waals surface area contributed by atoms with Gasteiger partial charge >= 0.3 is 10.4 Å². The van der Waals surface area contributed by atoms with Gasteiger partial charge in [0, 0.05) is 0 Å². The Kier molecular flexibility index (Phi) is 4.67. The van der Waals surface area contributed by atoms with Crippen molar-refractivity contribution in [2.45, 2.75) is 22.2 Å². The van der Waals surface area contributed by atoms with Crippen molar-refractivity contribution in [1.82, 2.24) is 0 Å². The lowest BCUT2D eigenvalue weighted by molar-refractivity contribution is 0.251. The Labute approximate surface area is 121 Å². The molecule has 0 heterocycles. The van der Waals surface area contributed by atoms with Gasteiger partial charge in [-0.05, 0) is 25.1 Å². The number of anilines is 1. The SMILES string of the molecule is CC(OS(=O)(=O)O)S(=O)(=O)c1ccc(N)c(S(=O)(=O)O)c1. The topological polar surface area (TPSA) is 178 Å². The van der Waals surface area contributed by atoms with Gasteiger partial charge in [-0.25, -0.2) is 12.6 Å². The van der Waals surface area contributed by atoms with E-state index in [1.807, 2.05) is 0 Å². The standard InChI is InChI=1S/C8H11NO9S3/c1-5(18-21(15,16)17)19(10,11)6-2-3-7(9)8(4-6)20(12,13)14/h2-5H,9H2,1H3,(H,12,13,14)(H,15,16,17). The predicted molar refractivity (Wildman–Crippen MR) is 70.0 cm³/mol. The van der Waals surface area contributed by atoms with Crippen molar-refractivity contribution in [3.8, 4) is 0 Å². The maximum atomic E-state index is 12.0. The van der Waals surface area contributed by atoms with Gasteiger partial charge < -0.3 is 5.73 Å². The Hall–Kier alpha value is -1.25. The fourth-order valence-corrected chi connectivity index (χ4v) is 4.02. The summed E-state index contributed by atoms with van der Waals surface area (Å²) in [6.07, 6.45) is 0. The van der Waals surface area contributed by atoms with Gasteiger partial charge in [0.2, 0.25) is 9.84 Å². The van der Waals surface area contributed by atoms with E-state index in [0.717, 1.165) is 19.1 Å². The van der Waals surface area contributed by atoms with Crippen molar-refractivity contribution in [2.75, 3.05) is 5.73 Å². The smallest absolute Gasteiger partial charge is 0.398 e. The average Bonchev–Trinajstić information content (AvgIpc) is 2.25. The summed E-state index contributed by atoms with van der Waals surface area (Å²) in [5.74, 6) is 0. The zero-order valence-electron chi connectivity index (χ0n) is 10.4. The van der Waals surface area contributed by atoms with Gasteiger partial charge in [-0.15, -0.1) is 0 Å². The van der Waals surface area contributed by atoms with E-state index in [2.05, 4.69) is 4.18 Å². The molecule has 0 bridgehead atoms. The molecule has 1 unspecified atom stereocenters. The molecule has 10 nitrogen and oxygen atoms in total. The van der Waals surface area contributed by atoms with E-state index in [4.69, 9.17) is 14.8 Å². The van der Waals surface area contributed by atoms with Crippen molar-refractivity contribution in [2.24, 2.45) is 0 Å². The predicted octanol–water partition coefficient (Wildman–Crippen LogP) is -0.545. The van der Waals surface area contributed by atoms with Gasteiger partial charge in [0.05, 0.1) is 10.6 Å². The molecule has 4 N–H and O–H groups in total. The lowest BCUT2D eigenvalue weighted by Gasteiger charge is -2.12. The quantitative estimate of drug-likeness (QED) is 0.455. The molecule has 13 heteroatoms. The Morgan fingerprint density at radius 2 is 1.62 bits per heavy atom. The molecule has 1 rings (SSSR count). The summed E-state index contributed by atoms with van der Waals surface area (Å²) in [4.78, 5) is -1.52. The molecular weight excluding hydrogens is 350 g/mol. The zero-order chi connectivity index (χ0) is 16.6. The molecule has 0 saturated heterocycles. The molecule has 1 aromatic carbocycles. The normalized spacial score (nSPS) is 14.8. The molecule has 0 saturated carbocycles. The molecule has 0 amide bonds. The van der Waals surface area contributed by atoms with Crippen LogP contribution in [0, 0.1) is 0 Å². The first-order valence-electron chi connectivity index (χ1n) is 5.02. The first-order valence-corrected chi connectivity index (χ1v) is 9.37. The summed E-state index contributed by atoms with van der Waals surface area (Å²) in [6, 6.07) is 2.34. The number of nitrogen functional groups attached to an aromatic ring is 1. The minimum absolute atomic E-state index is 0.403. The van der Waals surface area contributed by atoms with E-state index < -0.39 is 51.3 Å². The molecule has 0 aromatic heterocycles. The van der Waals surface area contributed by atoms with Crippen LogP contribution in [0.2, 0.25) is 0 Å². The third-order valence-corrected chi connectivity index (χ3v) is 5.73. The molecule has 120 valence electrons. The summed E-state index contributed by atoms with van der Waals surface area (Å²) in [6.45, 7) is 0.812. The van der Waals surface area contributed by atoms with E-state index in [-0.39, 0.29) is 0 Å². The molecule has 21 heavy (non-hydrogen) atoms. The molecule has 1 aromatic rings. The molecule has 0 aliphatic heterocycles. The number of benzene rings is 1. The molecule has 0 aliphatic rings. The Morgan fingerprint density at radius 1 is 1.10 bits per heavy atom. The highest BCUT2D eigenvalue weighted by atomic mass is 32.3. The van der Waals surface area contributed by atoms with E-state index >= 15 is 0 Å². The molecule has 1 atom stereocenters. The van der Waals surface area contributed by atoms with E-state index in [1.54, 1.807) is 0 Å². The van der Waals surface area contributed by atoms with Gasteiger partial charge in [0.25, 0.3) is 10.1 Å². The second-order valence-electron chi connectivity index (χ2n) is 3.81. The molecule has 0 radical (unpaired) electrons. The average molecular weight is 361 g/mol. The Balaban J connectivity index is 3.41. The second-order valence-corrected chi connectivity index (χ2v) is 8.47. The monoisotopic (exact) mass is 361 g/mol. The number of nitrogens with two attached hydrogens (primary N) is 1. The van der Waals surface area contributed by atoms with Crippen LogP contribution >= 0.6 is 0 Å². The minimum atomic E-state index is -5.03. The molecule has 0 fully saturated rings. The lowest BCUT2D eigenvalue weighted by Crippen LogP contribution is -2.24. The van der Waals surface area contributed by atoms with Crippen molar-refractivity contribution < 1.29 is 38.5 Å². The fraction of sp³-hybridized carbons (Fsp3) is 0.250. The van der Waals surface area contributed by atoms with Crippen LogP contribution in [0.15, 0.2) is 28.0 Å². The maximum absolute atomic E-state index is 12.0. The van der Waals surface area contributed by atoms with E-state index in [9.17, 15) is 25.3 Å². The van der Waals surface area contributed by atoms with Crippen LogP contribution < -0.4 is 5.73 Å². The third kappa shape index (κ3) is 4.36. The largest absolute Gasteiger partial charge is 0.398 e. The summed E-state index contributed by atoms with van der Waals surface area (Å²) >= 11 is 0. The van der Waals surface area contributed by atoms with Gasteiger partial charge in [-0.3, -0.25) is 9.11 Å². The summed E-state index contributed by atoms with van der Waals surface area (Å²) in [5, 5.41) is 0. The van der Waals surface area contributed by atoms with E-state index in [1.165, 1.54) is 0 Å². The number of sulfone groups is 1. The molecule has 0 spiro atoms. The first kappa shape index (κ1) is 17.8.